The second-order valence-corrected chi connectivity index (χ2v) is 5.21. The summed E-state index contributed by atoms with van der Waals surface area (Å²) >= 11 is 0. The van der Waals surface area contributed by atoms with Gasteiger partial charge in [-0.2, -0.15) is 13.9 Å². The maximum atomic E-state index is 12.4. The highest BCUT2D eigenvalue weighted by Gasteiger charge is 2.09. The van der Waals surface area contributed by atoms with Gasteiger partial charge in [0.05, 0.1) is 5.69 Å². The molecule has 2 rings (SSSR count). The predicted molar refractivity (Wildman–Crippen MR) is 88.3 cm³/mol. The normalized spacial score (nSPS) is 11.1. The standard InChI is InChI=1S/C17H17F2N3O3/c1-10-11(2)21-22-16(24)13(10)9-20-15(23)8-7-12-5-3-4-6-14(12)25-17(18)19/h3-8,17H,9H2,1-2H3,(H,20,23)(H,22,24)/b8-7-. The third-order valence-electron chi connectivity index (χ3n) is 3.58. The lowest BCUT2D eigenvalue weighted by Crippen LogP contribution is -2.27. The number of ether oxygens (including phenoxy) is 1. The van der Waals surface area contributed by atoms with Gasteiger partial charge in [0.1, 0.15) is 5.75 Å². The number of rotatable bonds is 6. The molecule has 0 fully saturated rings. The van der Waals surface area contributed by atoms with Crippen LogP contribution < -0.4 is 15.6 Å². The second kappa shape index (κ2) is 8.18. The molecule has 2 aromatic rings. The number of benzene rings is 1. The zero-order chi connectivity index (χ0) is 18.4. The van der Waals surface area contributed by atoms with Crippen LogP contribution in [-0.2, 0) is 11.3 Å². The molecule has 0 aliphatic rings. The average molecular weight is 349 g/mol. The van der Waals surface area contributed by atoms with Crippen molar-refractivity contribution < 1.29 is 18.3 Å². The van der Waals surface area contributed by atoms with Crippen LogP contribution >= 0.6 is 0 Å². The number of hydrogen-bond acceptors (Lipinski definition) is 4. The lowest BCUT2D eigenvalue weighted by Gasteiger charge is -2.08. The molecule has 0 saturated heterocycles. The number of halogens is 2. The van der Waals surface area contributed by atoms with E-state index < -0.39 is 12.5 Å². The molecule has 0 bridgehead atoms. The van der Waals surface area contributed by atoms with Gasteiger partial charge in [0, 0.05) is 23.7 Å². The molecule has 0 aliphatic heterocycles. The van der Waals surface area contributed by atoms with Crippen LogP contribution in [0, 0.1) is 13.8 Å². The minimum absolute atomic E-state index is 0.0291. The minimum Gasteiger partial charge on any atom is -0.434 e. The Hall–Kier alpha value is -3.03. The Morgan fingerprint density at radius 3 is 2.80 bits per heavy atom. The van der Waals surface area contributed by atoms with E-state index in [4.69, 9.17) is 0 Å². The number of H-pyrrole nitrogens is 1. The number of para-hydroxylation sites is 1. The summed E-state index contributed by atoms with van der Waals surface area (Å²) < 4.78 is 29.1. The molecule has 0 saturated carbocycles. The van der Waals surface area contributed by atoms with Crippen LogP contribution in [0.25, 0.3) is 6.08 Å². The molecular formula is C17H17F2N3O3. The van der Waals surface area contributed by atoms with E-state index in [-0.39, 0.29) is 17.9 Å². The molecule has 25 heavy (non-hydrogen) atoms. The highest BCUT2D eigenvalue weighted by Crippen LogP contribution is 2.21. The van der Waals surface area contributed by atoms with Crippen molar-refractivity contribution in [2.24, 2.45) is 0 Å². The van der Waals surface area contributed by atoms with Crippen LogP contribution in [0.4, 0.5) is 8.78 Å². The molecule has 1 heterocycles. The van der Waals surface area contributed by atoms with Crippen LogP contribution in [-0.4, -0.2) is 22.7 Å². The molecule has 0 unspecified atom stereocenters. The summed E-state index contributed by atoms with van der Waals surface area (Å²) in [6, 6.07) is 6.11. The molecule has 1 aromatic heterocycles. The first kappa shape index (κ1) is 18.3. The van der Waals surface area contributed by atoms with E-state index in [1.807, 2.05) is 0 Å². The first-order valence-corrected chi connectivity index (χ1v) is 7.43. The van der Waals surface area contributed by atoms with Crippen molar-refractivity contribution in [2.45, 2.75) is 27.0 Å². The molecule has 8 heteroatoms. The molecule has 132 valence electrons. The van der Waals surface area contributed by atoms with Crippen LogP contribution in [0.15, 0.2) is 35.1 Å². The first-order valence-electron chi connectivity index (χ1n) is 7.43. The maximum absolute atomic E-state index is 12.4. The SMILES string of the molecule is Cc1n[nH]c(=O)c(CNC(=O)/C=C\c2ccccc2OC(F)F)c1C. The van der Waals surface area contributed by atoms with Crippen LogP contribution in [0.2, 0.25) is 0 Å². The molecule has 0 radical (unpaired) electrons. The zero-order valence-corrected chi connectivity index (χ0v) is 13.7. The Balaban J connectivity index is 2.05. The monoisotopic (exact) mass is 349 g/mol. The molecule has 2 N–H and O–H groups in total. The van der Waals surface area contributed by atoms with Crippen molar-refractivity contribution in [1.29, 1.82) is 0 Å². The topological polar surface area (TPSA) is 84.1 Å². The Bertz CT molecular complexity index is 847. The number of amides is 1. The number of aromatic nitrogens is 2. The number of nitrogens with zero attached hydrogens (tertiary/aromatic N) is 1. The number of carbonyl (C=O) groups is 1. The van der Waals surface area contributed by atoms with Gasteiger partial charge < -0.3 is 10.1 Å². The van der Waals surface area contributed by atoms with Gasteiger partial charge in [0.25, 0.3) is 5.56 Å². The molecular weight excluding hydrogens is 332 g/mol. The minimum atomic E-state index is -2.95. The number of hydrogen-bond donors (Lipinski definition) is 2. The first-order chi connectivity index (χ1) is 11.9. The van der Waals surface area contributed by atoms with E-state index in [9.17, 15) is 18.4 Å². The highest BCUT2D eigenvalue weighted by atomic mass is 19.3. The summed E-state index contributed by atoms with van der Waals surface area (Å²) in [6.07, 6.45) is 2.55. The predicted octanol–water partition coefficient (Wildman–Crippen LogP) is 2.32. The summed E-state index contributed by atoms with van der Waals surface area (Å²) in [6.45, 7) is 0.569. The van der Waals surface area contributed by atoms with Crippen molar-refractivity contribution in [3.63, 3.8) is 0 Å². The Morgan fingerprint density at radius 1 is 1.36 bits per heavy atom. The van der Waals surface area contributed by atoms with E-state index >= 15 is 0 Å². The van der Waals surface area contributed by atoms with E-state index in [1.54, 1.807) is 32.0 Å². The van der Waals surface area contributed by atoms with Gasteiger partial charge in [-0.1, -0.05) is 18.2 Å². The lowest BCUT2D eigenvalue weighted by molar-refractivity contribution is -0.116. The summed E-state index contributed by atoms with van der Waals surface area (Å²) in [7, 11) is 0. The van der Waals surface area contributed by atoms with Crippen molar-refractivity contribution in [3.8, 4) is 5.75 Å². The maximum Gasteiger partial charge on any atom is 0.387 e. The van der Waals surface area contributed by atoms with E-state index in [0.29, 0.717) is 22.4 Å². The highest BCUT2D eigenvalue weighted by molar-refractivity contribution is 5.92. The lowest BCUT2D eigenvalue weighted by atomic mass is 10.1. The molecule has 0 aliphatic carbocycles. The summed E-state index contributed by atoms with van der Waals surface area (Å²) in [5.74, 6) is -0.501. The Kier molecular flexibility index (Phi) is 5.99. The van der Waals surface area contributed by atoms with Gasteiger partial charge in [0.2, 0.25) is 5.91 Å². The number of aromatic amines is 1. The molecule has 1 aromatic carbocycles. The Morgan fingerprint density at radius 2 is 2.08 bits per heavy atom. The van der Waals surface area contributed by atoms with E-state index in [2.05, 4.69) is 20.3 Å². The Labute approximate surface area is 142 Å². The summed E-state index contributed by atoms with van der Waals surface area (Å²) in [5, 5.41) is 8.77. The van der Waals surface area contributed by atoms with E-state index in [0.717, 1.165) is 0 Å². The zero-order valence-electron chi connectivity index (χ0n) is 13.7. The number of nitrogens with one attached hydrogen (secondary N) is 2. The number of aryl methyl sites for hydroxylation is 1. The molecule has 0 spiro atoms. The van der Waals surface area contributed by atoms with Gasteiger partial charge in [0.15, 0.2) is 0 Å². The van der Waals surface area contributed by atoms with Gasteiger partial charge >= 0.3 is 6.61 Å². The summed E-state index contributed by atoms with van der Waals surface area (Å²) in [4.78, 5) is 23.7. The molecule has 0 atom stereocenters. The fourth-order valence-corrected chi connectivity index (χ4v) is 2.11. The number of alkyl halides is 2. The third-order valence-corrected chi connectivity index (χ3v) is 3.58. The fourth-order valence-electron chi connectivity index (χ4n) is 2.11. The largest absolute Gasteiger partial charge is 0.434 e. The summed E-state index contributed by atoms with van der Waals surface area (Å²) in [5.41, 5.74) is 1.74. The van der Waals surface area contributed by atoms with Gasteiger partial charge in [-0.3, -0.25) is 9.59 Å². The van der Waals surface area contributed by atoms with Crippen molar-refractivity contribution in [2.75, 3.05) is 0 Å². The van der Waals surface area contributed by atoms with Gasteiger partial charge in [-0.25, -0.2) is 5.10 Å². The van der Waals surface area contributed by atoms with E-state index in [1.165, 1.54) is 18.2 Å². The average Bonchev–Trinajstić information content (AvgIpc) is 2.57. The van der Waals surface area contributed by atoms with Crippen LogP contribution in [0.1, 0.15) is 22.4 Å². The molecule has 6 nitrogen and oxygen atoms in total. The van der Waals surface area contributed by atoms with Crippen molar-refractivity contribution in [3.05, 3.63) is 63.1 Å². The molecule has 1 amide bonds. The second-order valence-electron chi connectivity index (χ2n) is 5.21. The van der Waals surface area contributed by atoms with Crippen molar-refractivity contribution >= 4 is 12.0 Å². The fraction of sp³-hybridized carbons (Fsp3) is 0.235. The van der Waals surface area contributed by atoms with Gasteiger partial charge in [-0.05, 0) is 31.6 Å². The van der Waals surface area contributed by atoms with Crippen LogP contribution in [0.3, 0.4) is 0 Å². The van der Waals surface area contributed by atoms with Crippen LogP contribution in [0.5, 0.6) is 5.75 Å². The quantitative estimate of drug-likeness (QED) is 0.784. The number of carbonyl (C=O) groups excluding carboxylic acids is 1. The van der Waals surface area contributed by atoms with Gasteiger partial charge in [-0.15, -0.1) is 0 Å². The third kappa shape index (κ3) is 4.97. The smallest absolute Gasteiger partial charge is 0.387 e. The van der Waals surface area contributed by atoms with Crippen molar-refractivity contribution in [1.82, 2.24) is 15.5 Å².